The molecule has 2 saturated heterocycles. The zero-order chi connectivity index (χ0) is 20.8. The van der Waals surface area contributed by atoms with Crippen molar-refractivity contribution in [2.45, 2.75) is 42.0 Å². The Morgan fingerprint density at radius 2 is 1.77 bits per heavy atom. The first kappa shape index (κ1) is 19.6. The molecule has 7 nitrogen and oxygen atoms in total. The molecule has 3 atom stereocenters. The Hall–Kier alpha value is -2.39. The van der Waals surface area contributed by atoms with Gasteiger partial charge in [-0.2, -0.15) is 0 Å². The van der Waals surface area contributed by atoms with E-state index in [0.717, 1.165) is 54.1 Å². The van der Waals surface area contributed by atoms with E-state index in [1.165, 1.54) is 16.3 Å². The number of benzene rings is 1. The molecule has 9 heteroatoms. The van der Waals surface area contributed by atoms with E-state index in [0.29, 0.717) is 5.03 Å². The van der Waals surface area contributed by atoms with E-state index >= 15 is 0 Å². The molecule has 1 aromatic carbocycles. The predicted molar refractivity (Wildman–Crippen MR) is 114 cm³/mol. The molecule has 0 radical (unpaired) electrons. The van der Waals surface area contributed by atoms with Crippen LogP contribution in [0.1, 0.15) is 35.6 Å². The number of imide groups is 1. The summed E-state index contributed by atoms with van der Waals surface area (Å²) in [5, 5.41) is 2.50. The molecule has 5 rings (SSSR count). The number of carbonyl (C=O) groups excluding carboxylic acids is 3. The Balaban J connectivity index is 1.56. The van der Waals surface area contributed by atoms with Crippen molar-refractivity contribution in [3.63, 3.8) is 0 Å². The Labute approximate surface area is 181 Å². The number of hydrogen-bond acceptors (Lipinski definition) is 6. The zero-order valence-corrected chi connectivity index (χ0v) is 17.8. The van der Waals surface area contributed by atoms with Gasteiger partial charge in [0.2, 0.25) is 17.7 Å². The summed E-state index contributed by atoms with van der Waals surface area (Å²) in [5.74, 6) is -1.61. The standard InChI is InChI=1S/C21H21N3O4S2/c25-13(23-9-5-2-6-10-23)11-24-20-17(30-21(24)28)14(12-7-3-1-4-8-12)15-16(29-20)19(27)22-18(15)26/h1,3-4,7-8,14-16H,2,5-6,9-11H2,(H,22,26,27)/t14-,15?,16?/m0/s1. The maximum Gasteiger partial charge on any atom is 0.308 e. The van der Waals surface area contributed by atoms with Crippen molar-refractivity contribution in [1.29, 1.82) is 0 Å². The highest BCUT2D eigenvalue weighted by molar-refractivity contribution is 8.00. The number of rotatable bonds is 3. The van der Waals surface area contributed by atoms with E-state index in [1.54, 1.807) is 0 Å². The minimum absolute atomic E-state index is 0.0217. The Morgan fingerprint density at radius 1 is 1.03 bits per heavy atom. The van der Waals surface area contributed by atoms with Crippen LogP contribution in [0.3, 0.4) is 0 Å². The second kappa shape index (κ2) is 7.70. The van der Waals surface area contributed by atoms with Crippen LogP contribution in [0.25, 0.3) is 0 Å². The Bertz CT molecular complexity index is 1070. The number of nitrogens with zero attached hydrogens (tertiary/aromatic N) is 2. The summed E-state index contributed by atoms with van der Waals surface area (Å²) in [4.78, 5) is 53.2. The maximum absolute atomic E-state index is 12.9. The topological polar surface area (TPSA) is 88.5 Å². The fraction of sp³-hybridized carbons (Fsp3) is 0.429. The van der Waals surface area contributed by atoms with Crippen molar-refractivity contribution in [2.75, 3.05) is 13.1 Å². The quantitative estimate of drug-likeness (QED) is 0.731. The third-order valence-electron chi connectivity index (χ3n) is 6.05. The van der Waals surface area contributed by atoms with Crippen LogP contribution in [0, 0.1) is 5.92 Å². The van der Waals surface area contributed by atoms with E-state index in [4.69, 9.17) is 0 Å². The van der Waals surface area contributed by atoms with Crippen molar-refractivity contribution < 1.29 is 14.4 Å². The summed E-state index contributed by atoms with van der Waals surface area (Å²) in [6.45, 7) is 1.43. The third-order valence-corrected chi connectivity index (χ3v) is 8.66. The Morgan fingerprint density at radius 3 is 2.50 bits per heavy atom. The van der Waals surface area contributed by atoms with Gasteiger partial charge in [-0.15, -0.1) is 0 Å². The molecule has 30 heavy (non-hydrogen) atoms. The monoisotopic (exact) mass is 443 g/mol. The number of thioether (sulfide) groups is 1. The molecule has 0 bridgehead atoms. The minimum atomic E-state index is -0.597. The molecular formula is C21H21N3O4S2. The molecule has 0 saturated carbocycles. The first-order valence-corrected chi connectivity index (χ1v) is 11.8. The highest BCUT2D eigenvalue weighted by Gasteiger charge is 2.52. The van der Waals surface area contributed by atoms with Crippen LogP contribution in [0.2, 0.25) is 0 Å². The molecule has 3 aliphatic rings. The number of thiazole rings is 1. The molecule has 2 unspecified atom stereocenters. The second-order valence-electron chi connectivity index (χ2n) is 7.87. The second-order valence-corrected chi connectivity index (χ2v) is 9.99. The number of hydrogen-bond donors (Lipinski definition) is 1. The van der Waals surface area contributed by atoms with Gasteiger partial charge in [-0.25, -0.2) is 0 Å². The van der Waals surface area contributed by atoms with Crippen LogP contribution in [-0.4, -0.2) is 45.5 Å². The van der Waals surface area contributed by atoms with Gasteiger partial charge in [0.25, 0.3) is 0 Å². The van der Waals surface area contributed by atoms with E-state index < -0.39 is 11.2 Å². The van der Waals surface area contributed by atoms with Gasteiger partial charge in [-0.3, -0.25) is 29.1 Å². The van der Waals surface area contributed by atoms with Crippen molar-refractivity contribution in [3.05, 3.63) is 50.4 Å². The Kier molecular flexibility index (Phi) is 5.02. The average molecular weight is 444 g/mol. The summed E-state index contributed by atoms with van der Waals surface area (Å²) in [5.41, 5.74) is 0.898. The van der Waals surface area contributed by atoms with Gasteiger partial charge in [-0.1, -0.05) is 53.4 Å². The van der Waals surface area contributed by atoms with E-state index in [2.05, 4.69) is 5.32 Å². The van der Waals surface area contributed by atoms with Gasteiger partial charge in [-0.05, 0) is 24.8 Å². The predicted octanol–water partition coefficient (Wildman–Crippen LogP) is 1.80. The molecule has 2 aromatic rings. The SMILES string of the molecule is O=C1NC(=O)C2C1Sc1c(sc(=O)n1CC(=O)N1CCCCC1)[C@H]2c1ccccc1. The van der Waals surface area contributed by atoms with E-state index in [-0.39, 0.29) is 35.1 Å². The molecule has 0 spiro atoms. The maximum atomic E-state index is 12.9. The molecule has 4 heterocycles. The van der Waals surface area contributed by atoms with Crippen molar-refractivity contribution in [2.24, 2.45) is 5.92 Å². The lowest BCUT2D eigenvalue weighted by Gasteiger charge is -2.31. The normalized spacial score (nSPS) is 25.6. The van der Waals surface area contributed by atoms with Gasteiger partial charge in [0, 0.05) is 23.9 Å². The van der Waals surface area contributed by atoms with Crippen LogP contribution in [0.15, 0.2) is 40.2 Å². The lowest BCUT2D eigenvalue weighted by molar-refractivity contribution is -0.133. The molecule has 2 fully saturated rings. The lowest BCUT2D eigenvalue weighted by Crippen LogP contribution is -2.39. The number of piperidine rings is 1. The lowest BCUT2D eigenvalue weighted by atomic mass is 9.83. The molecule has 3 amide bonds. The summed E-state index contributed by atoms with van der Waals surface area (Å²) >= 11 is 2.33. The van der Waals surface area contributed by atoms with Crippen LogP contribution in [0.5, 0.6) is 0 Å². The fourth-order valence-corrected chi connectivity index (χ4v) is 7.31. The molecule has 1 N–H and O–H groups in total. The van der Waals surface area contributed by atoms with Gasteiger partial charge in [0.1, 0.15) is 11.8 Å². The molecule has 3 aliphatic heterocycles. The first-order chi connectivity index (χ1) is 14.5. The smallest absolute Gasteiger partial charge is 0.308 e. The fourth-order valence-electron chi connectivity index (χ4n) is 4.57. The number of aromatic nitrogens is 1. The van der Waals surface area contributed by atoms with Crippen LogP contribution < -0.4 is 10.2 Å². The number of amides is 3. The summed E-state index contributed by atoms with van der Waals surface area (Å²) in [6, 6.07) is 9.51. The third kappa shape index (κ3) is 3.20. The van der Waals surface area contributed by atoms with Crippen LogP contribution >= 0.6 is 23.1 Å². The van der Waals surface area contributed by atoms with Crippen molar-refractivity contribution >= 4 is 40.8 Å². The molecular weight excluding hydrogens is 422 g/mol. The first-order valence-electron chi connectivity index (χ1n) is 10.1. The van der Waals surface area contributed by atoms with Crippen molar-refractivity contribution in [1.82, 2.24) is 14.8 Å². The number of fused-ring (bicyclic) bond motifs is 2. The van der Waals surface area contributed by atoms with Gasteiger partial charge in [0.15, 0.2) is 0 Å². The number of likely N-dealkylation sites (tertiary alicyclic amines) is 1. The van der Waals surface area contributed by atoms with Gasteiger partial charge in [0.05, 0.1) is 10.9 Å². The molecule has 1 aromatic heterocycles. The largest absolute Gasteiger partial charge is 0.341 e. The summed E-state index contributed by atoms with van der Waals surface area (Å²) in [7, 11) is 0. The minimum Gasteiger partial charge on any atom is -0.341 e. The number of nitrogens with one attached hydrogen (secondary N) is 1. The van der Waals surface area contributed by atoms with Crippen LogP contribution in [-0.2, 0) is 20.9 Å². The van der Waals surface area contributed by atoms with Gasteiger partial charge < -0.3 is 4.90 Å². The average Bonchev–Trinajstić information content (AvgIpc) is 3.23. The van der Waals surface area contributed by atoms with Crippen LogP contribution in [0.4, 0.5) is 0 Å². The summed E-state index contributed by atoms with van der Waals surface area (Å²) in [6.07, 6.45) is 3.09. The zero-order valence-electron chi connectivity index (χ0n) is 16.2. The number of carbonyl (C=O) groups is 3. The molecule has 156 valence electrons. The van der Waals surface area contributed by atoms with E-state index in [1.807, 2.05) is 35.2 Å². The van der Waals surface area contributed by atoms with Gasteiger partial charge >= 0.3 is 4.87 Å². The highest BCUT2D eigenvalue weighted by Crippen LogP contribution is 2.51. The molecule has 0 aliphatic carbocycles. The summed E-state index contributed by atoms with van der Waals surface area (Å²) < 4.78 is 1.50. The highest BCUT2D eigenvalue weighted by atomic mass is 32.2. The van der Waals surface area contributed by atoms with Crippen molar-refractivity contribution in [3.8, 4) is 0 Å². The van der Waals surface area contributed by atoms with E-state index in [9.17, 15) is 19.2 Å².